The van der Waals surface area contributed by atoms with Gasteiger partial charge in [-0.25, -0.2) is 8.78 Å². The van der Waals surface area contributed by atoms with Crippen LogP contribution in [0.1, 0.15) is 6.92 Å². The van der Waals surface area contributed by atoms with Crippen LogP contribution in [0, 0.1) is 17.8 Å². The first-order valence-electron chi connectivity index (χ1n) is 3.63. The Morgan fingerprint density at radius 3 is 2.08 bits per heavy atom. The Hall–Kier alpha value is -1.20. The van der Waals surface area contributed by atoms with Gasteiger partial charge in [0.05, 0.1) is 11.8 Å². The second kappa shape index (κ2) is 2.65. The van der Waals surface area contributed by atoms with Crippen LogP contribution in [0.15, 0.2) is 0 Å². The molecule has 0 aromatic rings. The van der Waals surface area contributed by atoms with Crippen molar-refractivity contribution >= 4 is 11.9 Å². The highest BCUT2D eigenvalue weighted by molar-refractivity contribution is 5.79. The summed E-state index contributed by atoms with van der Waals surface area (Å²) in [7, 11) is 0. The molecule has 3 atom stereocenters. The summed E-state index contributed by atoms with van der Waals surface area (Å²) in [5.41, 5.74) is 0. The lowest BCUT2D eigenvalue weighted by atomic mass is 10.1. The summed E-state index contributed by atoms with van der Waals surface area (Å²) in [5.74, 6) is -11.1. The third-order valence-corrected chi connectivity index (χ3v) is 2.30. The molecule has 1 rings (SSSR count). The van der Waals surface area contributed by atoms with Crippen LogP contribution < -0.4 is 0 Å². The van der Waals surface area contributed by atoms with Crippen molar-refractivity contribution < 1.29 is 28.6 Å². The fourth-order valence-corrected chi connectivity index (χ4v) is 1.44. The molecule has 1 fully saturated rings. The lowest BCUT2D eigenvalue weighted by molar-refractivity contribution is -0.142. The van der Waals surface area contributed by atoms with E-state index in [9.17, 15) is 18.4 Å². The van der Waals surface area contributed by atoms with Crippen LogP contribution in [-0.2, 0) is 9.59 Å². The minimum absolute atomic E-state index is 1.09. The summed E-state index contributed by atoms with van der Waals surface area (Å²) in [6.07, 6.45) is 0. The predicted octanol–water partition coefficient (Wildman–Crippen LogP) is 0.673. The van der Waals surface area contributed by atoms with Crippen LogP contribution in [0.25, 0.3) is 0 Å². The van der Waals surface area contributed by atoms with Gasteiger partial charge in [-0.1, -0.05) is 6.92 Å². The molecule has 4 nitrogen and oxygen atoms in total. The van der Waals surface area contributed by atoms with E-state index in [-0.39, 0.29) is 0 Å². The van der Waals surface area contributed by atoms with Gasteiger partial charge in [0.25, 0.3) is 5.92 Å². The summed E-state index contributed by atoms with van der Waals surface area (Å²) in [6.45, 7) is 1.09. The van der Waals surface area contributed by atoms with Crippen LogP contribution >= 0.6 is 0 Å². The molecule has 0 aromatic carbocycles. The number of carboxylic acid groups (broad SMARTS) is 2. The third kappa shape index (κ3) is 1.36. The SMILES string of the molecule is C[C@@H](C(=O)O)[C@H]1[C@@H](C(=O)O)C1(F)F. The summed E-state index contributed by atoms with van der Waals surface area (Å²) in [6, 6.07) is 0. The van der Waals surface area contributed by atoms with E-state index in [0.717, 1.165) is 6.92 Å². The standard InChI is InChI=1S/C7H8F2O4/c1-2(5(10)11)3-4(6(12)13)7(3,8)9/h2-4H,1H3,(H,10,11)(H,12,13)/t2-,3+,4+/m1/s1. The van der Waals surface area contributed by atoms with E-state index >= 15 is 0 Å². The number of rotatable bonds is 3. The molecular formula is C7H8F2O4. The van der Waals surface area contributed by atoms with Gasteiger partial charge in [0.2, 0.25) is 0 Å². The molecule has 1 saturated carbocycles. The average molecular weight is 194 g/mol. The maximum Gasteiger partial charge on any atom is 0.313 e. The third-order valence-electron chi connectivity index (χ3n) is 2.30. The molecule has 6 heteroatoms. The molecule has 0 saturated heterocycles. The van der Waals surface area contributed by atoms with Crippen molar-refractivity contribution in [2.45, 2.75) is 12.8 Å². The maximum atomic E-state index is 12.7. The van der Waals surface area contributed by atoms with E-state index in [4.69, 9.17) is 10.2 Å². The van der Waals surface area contributed by atoms with Gasteiger partial charge < -0.3 is 10.2 Å². The van der Waals surface area contributed by atoms with Crippen molar-refractivity contribution in [2.75, 3.05) is 0 Å². The Balaban J connectivity index is 2.76. The highest BCUT2D eigenvalue weighted by Gasteiger charge is 2.74. The van der Waals surface area contributed by atoms with Crippen molar-refractivity contribution in [2.24, 2.45) is 17.8 Å². The molecule has 0 radical (unpaired) electrons. The molecule has 13 heavy (non-hydrogen) atoms. The topological polar surface area (TPSA) is 74.6 Å². The smallest absolute Gasteiger partial charge is 0.313 e. The fraction of sp³-hybridized carbons (Fsp3) is 0.714. The highest BCUT2D eigenvalue weighted by Crippen LogP contribution is 2.58. The first-order chi connectivity index (χ1) is 5.80. The molecule has 0 heterocycles. The van der Waals surface area contributed by atoms with Crippen molar-refractivity contribution in [1.82, 2.24) is 0 Å². The molecule has 1 aliphatic rings. The van der Waals surface area contributed by atoms with E-state index in [1.54, 1.807) is 0 Å². The molecular weight excluding hydrogens is 186 g/mol. The molecule has 0 unspecified atom stereocenters. The van der Waals surface area contributed by atoms with Crippen LogP contribution in [0.4, 0.5) is 8.78 Å². The minimum Gasteiger partial charge on any atom is -0.481 e. The van der Waals surface area contributed by atoms with E-state index in [1.165, 1.54) is 0 Å². The number of carboxylic acids is 2. The van der Waals surface area contributed by atoms with Gasteiger partial charge in [-0.15, -0.1) is 0 Å². The largest absolute Gasteiger partial charge is 0.481 e. The zero-order chi connectivity index (χ0) is 10.4. The first kappa shape index (κ1) is 9.88. The van der Waals surface area contributed by atoms with Crippen molar-refractivity contribution in [1.29, 1.82) is 0 Å². The monoisotopic (exact) mass is 194 g/mol. The fourth-order valence-electron chi connectivity index (χ4n) is 1.44. The molecule has 0 spiro atoms. The Labute approximate surface area is 72.2 Å². The lowest BCUT2D eigenvalue weighted by Gasteiger charge is -2.01. The molecule has 1 aliphatic carbocycles. The summed E-state index contributed by atoms with van der Waals surface area (Å²) in [4.78, 5) is 20.6. The number of carbonyl (C=O) groups is 2. The predicted molar refractivity (Wildman–Crippen MR) is 36.4 cm³/mol. The quantitative estimate of drug-likeness (QED) is 0.692. The van der Waals surface area contributed by atoms with Gasteiger partial charge in [0.15, 0.2) is 0 Å². The van der Waals surface area contributed by atoms with Crippen LogP contribution in [-0.4, -0.2) is 28.1 Å². The molecule has 0 amide bonds. The van der Waals surface area contributed by atoms with E-state index < -0.39 is 35.6 Å². The van der Waals surface area contributed by atoms with Gasteiger partial charge in [-0.2, -0.15) is 0 Å². The average Bonchev–Trinajstić information content (AvgIpc) is 2.51. The maximum absolute atomic E-state index is 12.7. The highest BCUT2D eigenvalue weighted by atomic mass is 19.3. The molecule has 0 aliphatic heterocycles. The van der Waals surface area contributed by atoms with Gasteiger partial charge in [0.1, 0.15) is 5.92 Å². The Kier molecular flexibility index (Phi) is 2.01. The number of hydrogen-bond acceptors (Lipinski definition) is 2. The first-order valence-corrected chi connectivity index (χ1v) is 3.63. The Morgan fingerprint density at radius 2 is 1.85 bits per heavy atom. The van der Waals surface area contributed by atoms with Crippen molar-refractivity contribution in [3.05, 3.63) is 0 Å². The number of hydrogen-bond donors (Lipinski definition) is 2. The van der Waals surface area contributed by atoms with E-state index in [0.29, 0.717) is 0 Å². The molecule has 0 aromatic heterocycles. The van der Waals surface area contributed by atoms with Crippen molar-refractivity contribution in [3.63, 3.8) is 0 Å². The normalized spacial score (nSPS) is 32.2. The summed E-state index contributed by atoms with van der Waals surface area (Å²) >= 11 is 0. The lowest BCUT2D eigenvalue weighted by Crippen LogP contribution is -2.15. The number of aliphatic carboxylic acids is 2. The molecule has 2 N–H and O–H groups in total. The number of halogens is 2. The van der Waals surface area contributed by atoms with E-state index in [2.05, 4.69) is 0 Å². The Morgan fingerprint density at radius 1 is 1.38 bits per heavy atom. The zero-order valence-corrected chi connectivity index (χ0v) is 6.70. The van der Waals surface area contributed by atoms with Crippen LogP contribution in [0.5, 0.6) is 0 Å². The second-order valence-corrected chi connectivity index (χ2v) is 3.14. The van der Waals surface area contributed by atoms with Crippen LogP contribution in [0.2, 0.25) is 0 Å². The minimum atomic E-state index is -3.37. The molecule has 74 valence electrons. The van der Waals surface area contributed by atoms with Gasteiger partial charge in [0, 0.05) is 0 Å². The summed E-state index contributed by atoms with van der Waals surface area (Å²) in [5, 5.41) is 16.7. The van der Waals surface area contributed by atoms with Gasteiger partial charge in [-0.05, 0) is 0 Å². The Bertz CT molecular complexity index is 263. The number of alkyl halides is 2. The van der Waals surface area contributed by atoms with E-state index in [1.807, 2.05) is 0 Å². The van der Waals surface area contributed by atoms with Crippen LogP contribution in [0.3, 0.4) is 0 Å². The summed E-state index contributed by atoms with van der Waals surface area (Å²) < 4.78 is 25.4. The second-order valence-electron chi connectivity index (χ2n) is 3.14. The van der Waals surface area contributed by atoms with Crippen molar-refractivity contribution in [3.8, 4) is 0 Å². The van der Waals surface area contributed by atoms with Gasteiger partial charge >= 0.3 is 11.9 Å². The zero-order valence-electron chi connectivity index (χ0n) is 6.70. The van der Waals surface area contributed by atoms with Gasteiger partial charge in [-0.3, -0.25) is 9.59 Å². The molecule has 0 bridgehead atoms.